The number of hydrogen-bond donors (Lipinski definition) is 0. The molecule has 0 aliphatic carbocycles. The van der Waals surface area contributed by atoms with Crippen molar-refractivity contribution < 1.29 is 31.7 Å². The highest BCUT2D eigenvalue weighted by Crippen LogP contribution is 2.35. The van der Waals surface area contributed by atoms with Gasteiger partial charge >= 0.3 is 5.97 Å². The second-order valence-electron chi connectivity index (χ2n) is 9.34. The number of carbonyl (C=O) groups excluding carboxylic acids is 2. The number of hydrogen-bond acceptors (Lipinski definition) is 7. The van der Waals surface area contributed by atoms with Crippen molar-refractivity contribution in [2.45, 2.75) is 38.5 Å². The summed E-state index contributed by atoms with van der Waals surface area (Å²) in [7, 11) is -2.33. The number of carbonyl (C=O) groups is 2. The lowest BCUT2D eigenvalue weighted by atomic mass is 10.0. The van der Waals surface area contributed by atoms with Crippen LogP contribution in [0.1, 0.15) is 39.2 Å². The Morgan fingerprint density at radius 1 is 0.900 bits per heavy atom. The second kappa shape index (κ2) is 12.2. The van der Waals surface area contributed by atoms with Crippen LogP contribution in [0.4, 0.5) is 0 Å². The van der Waals surface area contributed by atoms with Gasteiger partial charge in [0.1, 0.15) is 5.75 Å². The minimum absolute atomic E-state index is 0.0219. The van der Waals surface area contributed by atoms with Crippen molar-refractivity contribution in [1.29, 1.82) is 0 Å². The fourth-order valence-electron chi connectivity index (χ4n) is 4.54. The molecule has 3 aromatic carbocycles. The van der Waals surface area contributed by atoms with E-state index in [0.29, 0.717) is 33.1 Å². The van der Waals surface area contributed by atoms with E-state index in [1.807, 2.05) is 13.8 Å². The first-order chi connectivity index (χ1) is 19.0. The quantitative estimate of drug-likeness (QED) is 0.132. The van der Waals surface area contributed by atoms with E-state index in [2.05, 4.69) is 0 Å². The van der Waals surface area contributed by atoms with Crippen LogP contribution >= 0.6 is 11.6 Å². The predicted molar refractivity (Wildman–Crippen MR) is 153 cm³/mol. The van der Waals surface area contributed by atoms with Crippen LogP contribution in [0, 0.1) is 20.8 Å². The normalized spacial score (nSPS) is 11.5. The van der Waals surface area contributed by atoms with Crippen molar-refractivity contribution in [2.24, 2.45) is 0 Å². The Bertz CT molecular complexity index is 1660. The van der Waals surface area contributed by atoms with Gasteiger partial charge in [0.15, 0.2) is 0 Å². The van der Waals surface area contributed by atoms with E-state index in [9.17, 15) is 18.0 Å². The molecule has 1 heterocycles. The largest absolute Gasteiger partial charge is 0.496 e. The van der Waals surface area contributed by atoms with Crippen molar-refractivity contribution in [3.8, 4) is 5.75 Å². The summed E-state index contributed by atoms with van der Waals surface area (Å²) in [6.45, 7) is 5.37. The third-order valence-corrected chi connectivity index (χ3v) is 8.22. The van der Waals surface area contributed by atoms with Crippen molar-refractivity contribution in [2.75, 3.05) is 20.3 Å². The molecule has 0 spiro atoms. The van der Waals surface area contributed by atoms with Crippen molar-refractivity contribution >= 4 is 44.5 Å². The Labute approximate surface area is 238 Å². The minimum atomic E-state index is -3.89. The summed E-state index contributed by atoms with van der Waals surface area (Å²) in [5.41, 5.74) is 4.09. The molecular formula is C30H30ClNO7S. The maximum Gasteiger partial charge on any atom is 0.310 e. The van der Waals surface area contributed by atoms with Crippen LogP contribution in [0.15, 0.2) is 65.6 Å². The Hall–Kier alpha value is -3.66. The minimum Gasteiger partial charge on any atom is -0.496 e. The van der Waals surface area contributed by atoms with Gasteiger partial charge in [-0.25, -0.2) is 0 Å². The molecule has 1 aromatic heterocycles. The van der Waals surface area contributed by atoms with Crippen LogP contribution in [-0.4, -0.2) is 45.2 Å². The predicted octanol–water partition coefficient (Wildman–Crippen LogP) is 5.80. The highest BCUT2D eigenvalue weighted by molar-refractivity contribution is 7.86. The molecular weight excluding hydrogens is 554 g/mol. The Morgan fingerprint density at radius 3 is 2.23 bits per heavy atom. The van der Waals surface area contributed by atoms with Crippen LogP contribution < -0.4 is 4.74 Å². The third kappa shape index (κ3) is 6.22. The average Bonchev–Trinajstić information content (AvgIpc) is 3.20. The zero-order valence-corrected chi connectivity index (χ0v) is 24.3. The Morgan fingerprint density at radius 2 is 1.57 bits per heavy atom. The Kier molecular flexibility index (Phi) is 8.98. The molecule has 0 bridgehead atoms. The molecule has 40 heavy (non-hydrogen) atoms. The van der Waals surface area contributed by atoms with Gasteiger partial charge in [-0.1, -0.05) is 29.3 Å². The molecule has 0 radical (unpaired) electrons. The van der Waals surface area contributed by atoms with Gasteiger partial charge in [-0.15, -0.1) is 0 Å². The number of fused-ring (bicyclic) bond motifs is 1. The van der Waals surface area contributed by atoms with Crippen LogP contribution in [0.5, 0.6) is 5.75 Å². The molecule has 0 N–H and O–H groups in total. The van der Waals surface area contributed by atoms with Crippen LogP contribution in [0.3, 0.4) is 0 Å². The number of ether oxygens (including phenoxy) is 2. The molecule has 10 heteroatoms. The molecule has 0 atom stereocenters. The van der Waals surface area contributed by atoms with Crippen molar-refractivity contribution in [1.82, 2.24) is 4.57 Å². The van der Waals surface area contributed by atoms with Gasteiger partial charge in [-0.3, -0.25) is 18.3 Å². The zero-order valence-electron chi connectivity index (χ0n) is 22.7. The molecule has 0 unspecified atom stereocenters. The standard InChI is InChI=1S/C30H30ClNO7S/c1-19-6-12-24(13-7-19)40(35,36)39-17-5-16-38-28(33)18-25-21(3)32(30(34)22-8-10-23(31)11-9-22)26-14-15-27(37-4)20(2)29(25)26/h6-15H,5,16-18H2,1-4H3. The summed E-state index contributed by atoms with van der Waals surface area (Å²) in [5, 5.41) is 1.26. The SMILES string of the molecule is COc1ccc2c(c1C)c(CC(=O)OCCCOS(=O)(=O)c1ccc(C)cc1)c(C)n2C(=O)c1ccc(Cl)cc1. The molecule has 210 valence electrons. The molecule has 0 aliphatic heterocycles. The highest BCUT2D eigenvalue weighted by Gasteiger charge is 2.24. The number of halogens is 1. The van der Waals surface area contributed by atoms with E-state index in [1.54, 1.807) is 67.1 Å². The number of esters is 1. The van der Waals surface area contributed by atoms with Crippen LogP contribution in [-0.2, 0) is 30.3 Å². The number of aromatic nitrogens is 1. The summed E-state index contributed by atoms with van der Waals surface area (Å²) in [4.78, 5) is 26.4. The molecule has 8 nitrogen and oxygen atoms in total. The number of aryl methyl sites for hydroxylation is 2. The first-order valence-corrected chi connectivity index (χ1v) is 14.4. The zero-order chi connectivity index (χ0) is 29.0. The van der Waals surface area contributed by atoms with E-state index in [0.717, 1.165) is 16.5 Å². The molecule has 0 saturated carbocycles. The van der Waals surface area contributed by atoms with Crippen LogP contribution in [0.25, 0.3) is 10.9 Å². The van der Waals surface area contributed by atoms with Crippen molar-refractivity contribution in [3.63, 3.8) is 0 Å². The van der Waals surface area contributed by atoms with Gasteiger partial charge in [-0.05, 0) is 74.9 Å². The Balaban J connectivity index is 1.48. The molecule has 0 fully saturated rings. The number of benzene rings is 3. The van der Waals surface area contributed by atoms with Gasteiger partial charge in [0, 0.05) is 33.7 Å². The summed E-state index contributed by atoms with van der Waals surface area (Å²) < 4.78 is 42.2. The van der Waals surface area contributed by atoms with Gasteiger partial charge in [0.05, 0.1) is 37.2 Å². The van der Waals surface area contributed by atoms with E-state index >= 15 is 0 Å². The molecule has 0 aliphatic rings. The first kappa shape index (κ1) is 29.3. The molecule has 4 rings (SSSR count). The molecule has 0 amide bonds. The average molecular weight is 584 g/mol. The fraction of sp³-hybridized carbons (Fsp3) is 0.267. The van der Waals surface area contributed by atoms with Gasteiger partial charge < -0.3 is 9.47 Å². The fourth-order valence-corrected chi connectivity index (χ4v) is 5.61. The topological polar surface area (TPSA) is 101 Å². The highest BCUT2D eigenvalue weighted by atomic mass is 35.5. The number of nitrogens with zero attached hydrogens (tertiary/aromatic N) is 1. The van der Waals surface area contributed by atoms with E-state index in [4.69, 9.17) is 25.3 Å². The van der Waals surface area contributed by atoms with E-state index < -0.39 is 16.1 Å². The maximum absolute atomic E-state index is 13.5. The lowest BCUT2D eigenvalue weighted by Gasteiger charge is -2.09. The summed E-state index contributed by atoms with van der Waals surface area (Å²) in [6, 6.07) is 16.5. The van der Waals surface area contributed by atoms with E-state index in [-0.39, 0.29) is 36.9 Å². The summed E-state index contributed by atoms with van der Waals surface area (Å²) in [5.74, 6) is -0.134. The number of rotatable bonds is 10. The molecule has 4 aromatic rings. The van der Waals surface area contributed by atoms with Gasteiger partial charge in [-0.2, -0.15) is 8.42 Å². The van der Waals surface area contributed by atoms with Gasteiger partial charge in [0.2, 0.25) is 0 Å². The molecule has 0 saturated heterocycles. The van der Waals surface area contributed by atoms with Crippen LogP contribution in [0.2, 0.25) is 5.02 Å². The van der Waals surface area contributed by atoms with Gasteiger partial charge in [0.25, 0.3) is 16.0 Å². The summed E-state index contributed by atoms with van der Waals surface area (Å²) in [6.07, 6.45) is 0.110. The third-order valence-electron chi connectivity index (χ3n) is 6.64. The second-order valence-corrected chi connectivity index (χ2v) is 11.4. The lowest BCUT2D eigenvalue weighted by Crippen LogP contribution is -2.15. The first-order valence-electron chi connectivity index (χ1n) is 12.6. The van der Waals surface area contributed by atoms with E-state index in [1.165, 1.54) is 12.1 Å². The summed E-state index contributed by atoms with van der Waals surface area (Å²) >= 11 is 6.00. The van der Waals surface area contributed by atoms with Crippen molar-refractivity contribution in [3.05, 3.63) is 93.6 Å². The lowest BCUT2D eigenvalue weighted by molar-refractivity contribution is -0.143. The number of methoxy groups -OCH3 is 1. The maximum atomic E-state index is 13.5. The smallest absolute Gasteiger partial charge is 0.310 e. The monoisotopic (exact) mass is 583 g/mol.